The Kier molecular flexibility index (Phi) is 5.45. The molecule has 1 aliphatic rings. The molecule has 0 amide bonds. The van der Waals surface area contributed by atoms with Gasteiger partial charge in [-0.15, -0.1) is 11.3 Å². The predicted molar refractivity (Wildman–Crippen MR) is 127 cm³/mol. The fourth-order valence-corrected chi connectivity index (χ4v) is 4.85. The highest BCUT2D eigenvalue weighted by atomic mass is 32.1. The largest absolute Gasteiger partial charge is 0.496 e. The third-order valence-corrected chi connectivity index (χ3v) is 6.47. The number of ether oxygens (including phenoxy) is 3. The number of nitrogens with zero attached hydrogens (tertiary/aromatic N) is 2. The summed E-state index contributed by atoms with van der Waals surface area (Å²) in [7, 11) is 1.70. The maximum atomic E-state index is 5.66. The first-order chi connectivity index (χ1) is 15.6. The van der Waals surface area contributed by atoms with Crippen LogP contribution in [0.2, 0.25) is 0 Å². The van der Waals surface area contributed by atoms with Gasteiger partial charge in [-0.05, 0) is 54.8 Å². The van der Waals surface area contributed by atoms with E-state index in [0.717, 1.165) is 55.7 Å². The van der Waals surface area contributed by atoms with Crippen LogP contribution in [0.15, 0.2) is 71.0 Å². The summed E-state index contributed by atoms with van der Waals surface area (Å²) in [4.78, 5) is 6.03. The van der Waals surface area contributed by atoms with E-state index in [1.54, 1.807) is 18.4 Å². The van der Waals surface area contributed by atoms with Gasteiger partial charge in [0.1, 0.15) is 5.75 Å². The monoisotopic (exact) mass is 444 g/mol. The summed E-state index contributed by atoms with van der Waals surface area (Å²) in [6.07, 6.45) is 0. The molecule has 0 fully saturated rings. The summed E-state index contributed by atoms with van der Waals surface area (Å²) in [5.41, 5.74) is 6.55. The normalized spacial score (nSPS) is 12.9. The third kappa shape index (κ3) is 3.78. The first-order valence-electron chi connectivity index (χ1n) is 10.5. The molecule has 0 radical (unpaired) electrons. The number of benzene rings is 3. The number of para-hydroxylation sites is 2. The van der Waals surface area contributed by atoms with E-state index in [-0.39, 0.29) is 6.79 Å². The highest BCUT2D eigenvalue weighted by molar-refractivity contribution is 7.07. The zero-order valence-corrected chi connectivity index (χ0v) is 19.1. The van der Waals surface area contributed by atoms with Crippen molar-refractivity contribution < 1.29 is 14.2 Å². The summed E-state index contributed by atoms with van der Waals surface area (Å²) in [6, 6.07) is 20.4. The number of aryl methyl sites for hydroxylation is 2. The Balaban J connectivity index is 1.68. The summed E-state index contributed by atoms with van der Waals surface area (Å²) in [5.74, 6) is 2.41. The quantitative estimate of drug-likeness (QED) is 0.388. The average Bonchev–Trinajstić information content (AvgIpc) is 3.43. The molecule has 0 saturated heterocycles. The lowest BCUT2D eigenvalue weighted by Crippen LogP contribution is -2.17. The molecule has 0 unspecified atom stereocenters. The van der Waals surface area contributed by atoms with Crippen LogP contribution in [0.5, 0.6) is 17.2 Å². The van der Waals surface area contributed by atoms with Crippen molar-refractivity contribution in [1.82, 2.24) is 4.57 Å². The minimum Gasteiger partial charge on any atom is -0.496 e. The second kappa shape index (κ2) is 8.55. The maximum Gasteiger partial charge on any atom is 0.231 e. The van der Waals surface area contributed by atoms with Crippen LogP contribution in [-0.4, -0.2) is 18.5 Å². The maximum absolute atomic E-state index is 5.66. The molecule has 6 heteroatoms. The number of aromatic nitrogens is 1. The van der Waals surface area contributed by atoms with E-state index in [9.17, 15) is 0 Å². The second-order valence-electron chi connectivity index (χ2n) is 7.73. The van der Waals surface area contributed by atoms with Crippen molar-refractivity contribution in [3.05, 3.63) is 87.5 Å². The molecule has 5 rings (SSSR count). The van der Waals surface area contributed by atoms with E-state index in [1.807, 2.05) is 30.3 Å². The topological polar surface area (TPSA) is 45.0 Å². The summed E-state index contributed by atoms with van der Waals surface area (Å²) >= 11 is 1.63. The van der Waals surface area contributed by atoms with E-state index in [2.05, 4.69) is 54.1 Å². The molecule has 2 heterocycles. The van der Waals surface area contributed by atoms with Crippen molar-refractivity contribution >= 4 is 17.0 Å². The van der Waals surface area contributed by atoms with E-state index in [1.165, 1.54) is 0 Å². The van der Waals surface area contributed by atoms with Gasteiger partial charge in [-0.25, -0.2) is 4.99 Å². The van der Waals surface area contributed by atoms with Gasteiger partial charge >= 0.3 is 0 Å². The van der Waals surface area contributed by atoms with Crippen molar-refractivity contribution in [2.75, 3.05) is 13.9 Å². The summed E-state index contributed by atoms with van der Waals surface area (Å²) in [5, 5.41) is 2.15. The molecule has 0 saturated carbocycles. The van der Waals surface area contributed by atoms with Gasteiger partial charge in [-0.1, -0.05) is 36.4 Å². The first kappa shape index (κ1) is 20.4. The molecule has 4 aromatic rings. The first-order valence-corrected chi connectivity index (χ1v) is 11.3. The van der Waals surface area contributed by atoms with Crippen molar-refractivity contribution in [3.8, 4) is 28.5 Å². The summed E-state index contributed by atoms with van der Waals surface area (Å²) in [6.45, 7) is 5.12. The lowest BCUT2D eigenvalue weighted by Gasteiger charge is -2.13. The number of hydrogen-bond donors (Lipinski definition) is 0. The standard InChI is InChI=1S/C26H24N2O3S/c1-17-7-6-8-18(2)25(17)27-26-28(14-19-11-12-23-24(13-19)31-16-30-23)21(15-32-26)20-9-4-5-10-22(20)29-3/h4-13,15H,14,16H2,1-3H3. The smallest absolute Gasteiger partial charge is 0.231 e. The lowest BCUT2D eigenvalue weighted by atomic mass is 10.1. The molecule has 162 valence electrons. The number of rotatable bonds is 5. The molecule has 1 aliphatic heterocycles. The van der Waals surface area contributed by atoms with Crippen LogP contribution in [0, 0.1) is 13.8 Å². The molecule has 1 aromatic heterocycles. The van der Waals surface area contributed by atoms with Crippen LogP contribution in [0.3, 0.4) is 0 Å². The van der Waals surface area contributed by atoms with Gasteiger partial charge in [0.15, 0.2) is 16.3 Å². The van der Waals surface area contributed by atoms with Crippen molar-refractivity contribution in [1.29, 1.82) is 0 Å². The Morgan fingerprint density at radius 1 is 0.969 bits per heavy atom. The van der Waals surface area contributed by atoms with Gasteiger partial charge in [-0.3, -0.25) is 0 Å². The Hall–Kier alpha value is -3.51. The van der Waals surface area contributed by atoms with Gasteiger partial charge < -0.3 is 18.8 Å². The minimum atomic E-state index is 0.268. The summed E-state index contributed by atoms with van der Waals surface area (Å²) < 4.78 is 19.0. The van der Waals surface area contributed by atoms with Gasteiger partial charge in [0.25, 0.3) is 0 Å². The molecular weight excluding hydrogens is 420 g/mol. The molecule has 0 spiro atoms. The Morgan fingerprint density at radius 2 is 1.75 bits per heavy atom. The van der Waals surface area contributed by atoms with Crippen LogP contribution in [0.1, 0.15) is 16.7 Å². The number of thiazole rings is 1. The molecule has 0 aliphatic carbocycles. The Bertz CT molecular complexity index is 1330. The molecule has 3 aromatic carbocycles. The zero-order chi connectivity index (χ0) is 22.1. The fourth-order valence-electron chi connectivity index (χ4n) is 3.94. The molecule has 0 atom stereocenters. The van der Waals surface area contributed by atoms with E-state index >= 15 is 0 Å². The zero-order valence-electron chi connectivity index (χ0n) is 18.3. The number of hydrogen-bond acceptors (Lipinski definition) is 5. The second-order valence-corrected chi connectivity index (χ2v) is 8.57. The van der Waals surface area contributed by atoms with E-state index in [4.69, 9.17) is 19.2 Å². The SMILES string of the molecule is COc1ccccc1-c1csc(=Nc2c(C)cccc2C)n1Cc1ccc2c(c1)OCO2. The molecule has 32 heavy (non-hydrogen) atoms. The highest BCUT2D eigenvalue weighted by Crippen LogP contribution is 2.34. The molecular formula is C26H24N2O3S. The molecule has 0 N–H and O–H groups in total. The van der Waals surface area contributed by atoms with Crippen molar-refractivity contribution in [2.45, 2.75) is 20.4 Å². The predicted octanol–water partition coefficient (Wildman–Crippen LogP) is 5.85. The van der Waals surface area contributed by atoms with E-state index < -0.39 is 0 Å². The van der Waals surface area contributed by atoms with Crippen LogP contribution < -0.4 is 19.0 Å². The van der Waals surface area contributed by atoms with Gasteiger partial charge in [0.2, 0.25) is 6.79 Å². The average molecular weight is 445 g/mol. The minimum absolute atomic E-state index is 0.268. The van der Waals surface area contributed by atoms with Crippen LogP contribution >= 0.6 is 11.3 Å². The van der Waals surface area contributed by atoms with Crippen LogP contribution in [0.25, 0.3) is 11.3 Å². The highest BCUT2D eigenvalue weighted by Gasteiger charge is 2.17. The van der Waals surface area contributed by atoms with Crippen LogP contribution in [0.4, 0.5) is 5.69 Å². The van der Waals surface area contributed by atoms with E-state index in [0.29, 0.717) is 6.54 Å². The lowest BCUT2D eigenvalue weighted by molar-refractivity contribution is 0.174. The van der Waals surface area contributed by atoms with Gasteiger partial charge in [0, 0.05) is 10.9 Å². The number of methoxy groups -OCH3 is 1. The van der Waals surface area contributed by atoms with Gasteiger partial charge in [-0.2, -0.15) is 0 Å². The number of fused-ring (bicyclic) bond motifs is 1. The van der Waals surface area contributed by atoms with Crippen LogP contribution in [-0.2, 0) is 6.54 Å². The van der Waals surface area contributed by atoms with Gasteiger partial charge in [0.05, 0.1) is 25.0 Å². The molecule has 5 nitrogen and oxygen atoms in total. The Labute approximate surface area is 191 Å². The third-order valence-electron chi connectivity index (χ3n) is 5.61. The molecule has 0 bridgehead atoms. The van der Waals surface area contributed by atoms with Crippen molar-refractivity contribution in [3.63, 3.8) is 0 Å². The van der Waals surface area contributed by atoms with Crippen molar-refractivity contribution in [2.24, 2.45) is 4.99 Å². The Morgan fingerprint density at radius 3 is 2.56 bits per heavy atom. The fraction of sp³-hybridized carbons (Fsp3) is 0.192.